The maximum Gasteiger partial charge on any atom is 0.267 e. The zero-order valence-electron chi connectivity index (χ0n) is 10.8. The predicted molar refractivity (Wildman–Crippen MR) is 82.5 cm³/mol. The molecule has 0 bridgehead atoms. The number of hydrogen-bond acceptors (Lipinski definition) is 2. The Hall–Kier alpha value is -1.91. The first-order valence-corrected chi connectivity index (χ1v) is 6.93. The SMILES string of the molecule is O=C(C=Cc1ccc(Br)cc1)NOCc1ccccc1. The second-order valence-electron chi connectivity index (χ2n) is 4.13. The van der Waals surface area contributed by atoms with E-state index in [1.54, 1.807) is 6.08 Å². The van der Waals surface area contributed by atoms with E-state index in [2.05, 4.69) is 21.4 Å². The van der Waals surface area contributed by atoms with Gasteiger partial charge >= 0.3 is 0 Å². The molecule has 102 valence electrons. The molecule has 0 atom stereocenters. The van der Waals surface area contributed by atoms with Crippen LogP contribution in [0.25, 0.3) is 6.08 Å². The molecule has 4 heteroatoms. The van der Waals surface area contributed by atoms with Crippen molar-refractivity contribution >= 4 is 27.9 Å². The maximum absolute atomic E-state index is 11.5. The fraction of sp³-hybridized carbons (Fsp3) is 0.0625. The molecular weight excluding hydrogens is 318 g/mol. The van der Waals surface area contributed by atoms with Crippen LogP contribution >= 0.6 is 15.9 Å². The van der Waals surface area contributed by atoms with Crippen LogP contribution in [0, 0.1) is 0 Å². The number of benzene rings is 2. The summed E-state index contributed by atoms with van der Waals surface area (Å²) in [6.45, 7) is 0.346. The summed E-state index contributed by atoms with van der Waals surface area (Å²) in [5.41, 5.74) is 4.33. The average Bonchev–Trinajstić information content (AvgIpc) is 2.48. The van der Waals surface area contributed by atoms with Gasteiger partial charge in [0.15, 0.2) is 0 Å². The first kappa shape index (κ1) is 14.5. The lowest BCUT2D eigenvalue weighted by Crippen LogP contribution is -2.21. The number of carbonyl (C=O) groups excluding carboxylic acids is 1. The number of hydrogen-bond donors (Lipinski definition) is 1. The second kappa shape index (κ2) is 7.62. The molecule has 0 saturated carbocycles. The summed E-state index contributed by atoms with van der Waals surface area (Å²) >= 11 is 3.36. The molecule has 3 nitrogen and oxygen atoms in total. The third-order valence-corrected chi connectivity index (χ3v) is 3.08. The molecule has 2 aromatic rings. The van der Waals surface area contributed by atoms with Crippen molar-refractivity contribution in [1.82, 2.24) is 5.48 Å². The van der Waals surface area contributed by atoms with Crippen LogP contribution < -0.4 is 5.48 Å². The number of amides is 1. The van der Waals surface area contributed by atoms with E-state index in [0.717, 1.165) is 15.6 Å². The lowest BCUT2D eigenvalue weighted by molar-refractivity contribution is -0.129. The highest BCUT2D eigenvalue weighted by atomic mass is 79.9. The Labute approximate surface area is 126 Å². The molecule has 0 aromatic heterocycles. The van der Waals surface area contributed by atoms with Crippen LogP contribution in [-0.2, 0) is 16.2 Å². The zero-order valence-corrected chi connectivity index (χ0v) is 12.3. The molecule has 0 aliphatic rings. The van der Waals surface area contributed by atoms with Gasteiger partial charge in [0.25, 0.3) is 5.91 Å². The van der Waals surface area contributed by atoms with Crippen molar-refractivity contribution in [2.75, 3.05) is 0 Å². The Morgan fingerprint density at radius 2 is 1.80 bits per heavy atom. The van der Waals surface area contributed by atoms with Crippen LogP contribution in [0.2, 0.25) is 0 Å². The minimum Gasteiger partial charge on any atom is -0.269 e. The van der Waals surface area contributed by atoms with Crippen LogP contribution in [0.3, 0.4) is 0 Å². The van der Waals surface area contributed by atoms with Crippen molar-refractivity contribution in [3.8, 4) is 0 Å². The van der Waals surface area contributed by atoms with Gasteiger partial charge in [0.1, 0.15) is 0 Å². The Balaban J connectivity index is 1.76. The van der Waals surface area contributed by atoms with E-state index >= 15 is 0 Å². The van der Waals surface area contributed by atoms with E-state index in [-0.39, 0.29) is 5.91 Å². The molecule has 0 aliphatic heterocycles. The third-order valence-electron chi connectivity index (χ3n) is 2.55. The summed E-state index contributed by atoms with van der Waals surface area (Å²) in [5.74, 6) is -0.288. The molecule has 0 aliphatic carbocycles. The van der Waals surface area contributed by atoms with E-state index in [9.17, 15) is 4.79 Å². The summed E-state index contributed by atoms with van der Waals surface area (Å²) in [5, 5.41) is 0. The van der Waals surface area contributed by atoms with Crippen LogP contribution in [0.5, 0.6) is 0 Å². The van der Waals surface area contributed by atoms with Crippen LogP contribution in [0.4, 0.5) is 0 Å². The largest absolute Gasteiger partial charge is 0.269 e. The Morgan fingerprint density at radius 3 is 2.50 bits per heavy atom. The number of rotatable bonds is 5. The average molecular weight is 332 g/mol. The van der Waals surface area contributed by atoms with Crippen LogP contribution in [0.15, 0.2) is 65.1 Å². The Kier molecular flexibility index (Phi) is 5.53. The van der Waals surface area contributed by atoms with Crippen molar-refractivity contribution in [2.45, 2.75) is 6.61 Å². The van der Waals surface area contributed by atoms with E-state index in [0.29, 0.717) is 6.61 Å². The predicted octanol–water partition coefficient (Wildman–Crippen LogP) is 3.71. The maximum atomic E-state index is 11.5. The zero-order chi connectivity index (χ0) is 14.2. The smallest absolute Gasteiger partial charge is 0.267 e. The van der Waals surface area contributed by atoms with Gasteiger partial charge in [-0.05, 0) is 29.3 Å². The van der Waals surface area contributed by atoms with Crippen molar-refractivity contribution in [3.63, 3.8) is 0 Å². The number of carbonyl (C=O) groups is 1. The quantitative estimate of drug-likeness (QED) is 0.670. The minimum absolute atomic E-state index is 0.288. The monoisotopic (exact) mass is 331 g/mol. The highest BCUT2D eigenvalue weighted by Gasteiger charge is 1.96. The molecular formula is C16H14BrNO2. The summed E-state index contributed by atoms with van der Waals surface area (Å²) in [6.07, 6.45) is 3.17. The number of halogens is 1. The molecule has 0 fully saturated rings. The van der Waals surface area contributed by atoms with Crippen LogP contribution in [-0.4, -0.2) is 5.91 Å². The second-order valence-corrected chi connectivity index (χ2v) is 5.04. The Morgan fingerprint density at radius 1 is 1.10 bits per heavy atom. The highest BCUT2D eigenvalue weighted by molar-refractivity contribution is 9.10. The van der Waals surface area contributed by atoms with Crippen molar-refractivity contribution in [1.29, 1.82) is 0 Å². The van der Waals surface area contributed by atoms with Crippen molar-refractivity contribution in [3.05, 3.63) is 76.3 Å². The van der Waals surface area contributed by atoms with Gasteiger partial charge in [-0.25, -0.2) is 5.48 Å². The summed E-state index contributed by atoms with van der Waals surface area (Å²) in [7, 11) is 0. The number of hydroxylamine groups is 1. The van der Waals surface area contributed by atoms with Crippen LogP contribution in [0.1, 0.15) is 11.1 Å². The lowest BCUT2D eigenvalue weighted by atomic mass is 10.2. The molecule has 2 aromatic carbocycles. The molecule has 0 spiro atoms. The van der Waals surface area contributed by atoms with Gasteiger partial charge in [-0.15, -0.1) is 0 Å². The van der Waals surface area contributed by atoms with Gasteiger partial charge in [0, 0.05) is 10.5 Å². The minimum atomic E-state index is -0.288. The molecule has 1 N–H and O–H groups in total. The molecule has 1 amide bonds. The van der Waals surface area contributed by atoms with Gasteiger partial charge in [0.2, 0.25) is 0 Å². The number of nitrogens with one attached hydrogen (secondary N) is 1. The van der Waals surface area contributed by atoms with E-state index in [1.807, 2.05) is 54.6 Å². The van der Waals surface area contributed by atoms with Gasteiger partial charge in [-0.2, -0.15) is 0 Å². The lowest BCUT2D eigenvalue weighted by Gasteiger charge is -2.03. The summed E-state index contributed by atoms with van der Waals surface area (Å²) in [4.78, 5) is 16.7. The van der Waals surface area contributed by atoms with Crippen molar-refractivity contribution < 1.29 is 9.63 Å². The normalized spacial score (nSPS) is 10.7. The van der Waals surface area contributed by atoms with Crippen molar-refractivity contribution in [2.24, 2.45) is 0 Å². The Bertz CT molecular complexity index is 579. The van der Waals surface area contributed by atoms with E-state index in [1.165, 1.54) is 6.08 Å². The highest BCUT2D eigenvalue weighted by Crippen LogP contribution is 2.11. The van der Waals surface area contributed by atoms with E-state index < -0.39 is 0 Å². The van der Waals surface area contributed by atoms with Gasteiger partial charge in [-0.1, -0.05) is 58.4 Å². The van der Waals surface area contributed by atoms with E-state index in [4.69, 9.17) is 4.84 Å². The summed E-state index contributed by atoms with van der Waals surface area (Å²) in [6, 6.07) is 17.3. The fourth-order valence-corrected chi connectivity index (χ4v) is 1.81. The first-order chi connectivity index (χ1) is 9.74. The molecule has 2 rings (SSSR count). The van der Waals surface area contributed by atoms with Gasteiger partial charge in [0.05, 0.1) is 6.61 Å². The van der Waals surface area contributed by atoms with Gasteiger partial charge in [-0.3, -0.25) is 9.63 Å². The summed E-state index contributed by atoms with van der Waals surface area (Å²) < 4.78 is 1.00. The van der Waals surface area contributed by atoms with Gasteiger partial charge < -0.3 is 0 Å². The first-order valence-electron chi connectivity index (χ1n) is 6.13. The molecule has 0 unspecified atom stereocenters. The standard InChI is InChI=1S/C16H14BrNO2/c17-15-9-6-13(7-10-15)8-11-16(19)18-20-12-14-4-2-1-3-5-14/h1-11H,12H2,(H,18,19). The molecule has 0 heterocycles. The molecule has 0 radical (unpaired) electrons. The molecule has 0 saturated heterocycles. The fourth-order valence-electron chi connectivity index (χ4n) is 1.54. The third kappa shape index (κ3) is 4.99. The topological polar surface area (TPSA) is 38.3 Å². The molecule has 20 heavy (non-hydrogen) atoms.